The third-order valence-corrected chi connectivity index (χ3v) is 8.10. The second-order valence-corrected chi connectivity index (χ2v) is 11.2. The molecule has 3 aliphatic rings. The molecule has 0 spiro atoms. The van der Waals surface area contributed by atoms with Crippen molar-refractivity contribution in [1.82, 2.24) is 0 Å². The molecule has 0 aliphatic carbocycles. The zero-order valence-electron chi connectivity index (χ0n) is 13.8. The Kier molecular flexibility index (Phi) is 17.3. The standard InChI is InChI=1S/3C5H8OS2.Ce/c3*6-5(7)3-4-1-2-8-4;/h3*4H,1-3H2,(H,6,7);/q;;;+3/p-3. The average molecular weight is 582 g/mol. The van der Waals surface area contributed by atoms with Crippen molar-refractivity contribution < 1.29 is 56.1 Å². The molecule has 3 fully saturated rings. The van der Waals surface area contributed by atoms with Crippen LogP contribution in [0.25, 0.3) is 0 Å². The van der Waals surface area contributed by atoms with Gasteiger partial charge in [0.25, 0.3) is 0 Å². The van der Waals surface area contributed by atoms with Crippen molar-refractivity contribution in [3.63, 3.8) is 0 Å². The van der Waals surface area contributed by atoms with E-state index in [9.17, 15) is 14.4 Å². The van der Waals surface area contributed by atoms with Gasteiger partial charge in [-0.15, -0.1) is 0 Å². The summed E-state index contributed by atoms with van der Waals surface area (Å²) in [5.74, 6) is 3.65. The van der Waals surface area contributed by atoms with E-state index >= 15 is 0 Å². The predicted octanol–water partition coefficient (Wildman–Crippen LogP) is 2.87. The van der Waals surface area contributed by atoms with Gasteiger partial charge in [-0.25, -0.2) is 0 Å². The minimum Gasteiger partial charge on any atom is -0.742 e. The molecule has 1 radical (unpaired) electrons. The fraction of sp³-hybridized carbons (Fsp3) is 0.800. The summed E-state index contributed by atoms with van der Waals surface area (Å²) >= 11 is 18.7. The zero-order valence-corrected chi connectivity index (χ0v) is 21.8. The number of hydrogen-bond acceptors (Lipinski definition) is 9. The van der Waals surface area contributed by atoms with Crippen molar-refractivity contribution >= 4 is 88.5 Å². The molecular weight excluding hydrogens is 561 g/mol. The van der Waals surface area contributed by atoms with E-state index in [1.54, 1.807) is 0 Å². The Balaban J connectivity index is 0.000000339. The molecule has 139 valence electrons. The van der Waals surface area contributed by atoms with Crippen molar-refractivity contribution in [2.45, 2.75) is 54.3 Å². The smallest absolute Gasteiger partial charge is 0.742 e. The minimum atomic E-state index is -0.0813. The second kappa shape index (κ2) is 16.0. The van der Waals surface area contributed by atoms with Crippen LogP contribution in [0.4, 0.5) is 0 Å². The van der Waals surface area contributed by atoms with Gasteiger partial charge in [0.1, 0.15) is 0 Å². The molecule has 3 saturated heterocycles. The minimum absolute atomic E-state index is 0. The Labute approximate surface area is 213 Å². The van der Waals surface area contributed by atoms with Crippen LogP contribution in [0.3, 0.4) is 0 Å². The van der Waals surface area contributed by atoms with Gasteiger partial charge in [-0.1, -0.05) is 0 Å². The molecule has 0 aromatic heterocycles. The summed E-state index contributed by atoms with van der Waals surface area (Å²) in [5, 5.41) is 1.46. The summed E-state index contributed by atoms with van der Waals surface area (Å²) < 4.78 is 0. The van der Waals surface area contributed by atoms with Gasteiger partial charge in [0.2, 0.25) is 0 Å². The van der Waals surface area contributed by atoms with Crippen LogP contribution in [-0.2, 0) is 52.3 Å². The maximum absolute atomic E-state index is 10.2. The first-order valence-electron chi connectivity index (χ1n) is 7.81. The van der Waals surface area contributed by atoms with Crippen LogP contribution >= 0.6 is 35.3 Å². The first-order valence-corrected chi connectivity index (χ1v) is 12.2. The van der Waals surface area contributed by atoms with Crippen LogP contribution < -0.4 is 0 Å². The quantitative estimate of drug-likeness (QED) is 0.441. The molecule has 3 heterocycles. The van der Waals surface area contributed by atoms with Crippen molar-refractivity contribution in [3.05, 3.63) is 0 Å². The molecule has 3 aliphatic heterocycles. The number of hydrogen-bond donors (Lipinski definition) is 0. The van der Waals surface area contributed by atoms with Crippen LogP contribution in [0.15, 0.2) is 0 Å². The topological polar surface area (TPSA) is 51.2 Å². The SMILES string of the molecule is O=C([S-])CC1CCS1.O=C([S-])CC1CCS1.O=C([S-])CC1CCS1.[Ce+3]. The van der Waals surface area contributed by atoms with Crippen molar-refractivity contribution in [3.8, 4) is 0 Å². The molecule has 0 aromatic rings. The van der Waals surface area contributed by atoms with Gasteiger partial charge in [0.15, 0.2) is 0 Å². The Morgan fingerprint density at radius 1 is 0.640 bits per heavy atom. The molecule has 0 saturated carbocycles. The second-order valence-electron chi connectivity index (χ2n) is 5.57. The van der Waals surface area contributed by atoms with E-state index in [2.05, 4.69) is 37.9 Å². The number of carbonyl (C=O) groups is 3. The molecule has 3 unspecified atom stereocenters. The van der Waals surface area contributed by atoms with Crippen LogP contribution in [0, 0.1) is 41.7 Å². The molecule has 0 aromatic carbocycles. The van der Waals surface area contributed by atoms with E-state index in [1.165, 1.54) is 36.5 Å². The van der Waals surface area contributed by atoms with Gasteiger partial charge >= 0.3 is 41.7 Å². The van der Waals surface area contributed by atoms with Crippen LogP contribution in [0.5, 0.6) is 0 Å². The Hall–Kier alpha value is 2.10. The molecule has 0 N–H and O–H groups in total. The van der Waals surface area contributed by atoms with Gasteiger partial charge < -0.3 is 52.3 Å². The number of rotatable bonds is 6. The van der Waals surface area contributed by atoms with E-state index in [-0.39, 0.29) is 57.1 Å². The van der Waals surface area contributed by atoms with Crippen molar-refractivity contribution in [2.24, 2.45) is 0 Å². The maximum Gasteiger partial charge on any atom is 3.00 e. The summed E-state index contributed by atoms with van der Waals surface area (Å²) in [6, 6.07) is 0. The van der Waals surface area contributed by atoms with Gasteiger partial charge in [0, 0.05) is 31.1 Å². The molecule has 0 amide bonds. The Bertz CT molecular complexity index is 364. The summed E-state index contributed by atoms with van der Waals surface area (Å²) in [5.41, 5.74) is 0. The van der Waals surface area contributed by atoms with Crippen LogP contribution in [0.2, 0.25) is 0 Å². The van der Waals surface area contributed by atoms with Crippen LogP contribution in [0.1, 0.15) is 38.5 Å². The largest absolute Gasteiger partial charge is 3.00 e. The first kappa shape index (κ1) is 27.1. The number of thioether (sulfide) groups is 3. The molecule has 3 nitrogen and oxygen atoms in total. The summed E-state index contributed by atoms with van der Waals surface area (Å²) in [6.45, 7) is 0. The Morgan fingerprint density at radius 3 is 0.880 bits per heavy atom. The number of carbonyl (C=O) groups excluding carboxylic acids is 3. The van der Waals surface area contributed by atoms with Crippen molar-refractivity contribution in [2.75, 3.05) is 17.3 Å². The molecule has 10 heteroatoms. The summed E-state index contributed by atoms with van der Waals surface area (Å²) in [7, 11) is 0. The average Bonchev–Trinajstić information content (AvgIpc) is 2.35. The van der Waals surface area contributed by atoms with E-state index in [0.717, 1.165) is 0 Å². The van der Waals surface area contributed by atoms with E-state index < -0.39 is 0 Å². The molecule has 25 heavy (non-hydrogen) atoms. The first-order chi connectivity index (χ1) is 11.4. The van der Waals surface area contributed by atoms with Crippen molar-refractivity contribution in [1.29, 1.82) is 0 Å². The predicted molar refractivity (Wildman–Crippen MR) is 114 cm³/mol. The third kappa shape index (κ3) is 14.7. The molecule has 3 rings (SSSR count). The zero-order chi connectivity index (χ0) is 17.9. The normalized spacial score (nSPS) is 25.7. The Morgan fingerprint density at radius 2 is 0.840 bits per heavy atom. The van der Waals surface area contributed by atoms with Crippen LogP contribution in [-0.4, -0.2) is 48.4 Å². The maximum atomic E-state index is 10.2. The summed E-state index contributed by atoms with van der Waals surface area (Å²) in [6.07, 6.45) is 5.40. The van der Waals surface area contributed by atoms with E-state index in [0.29, 0.717) is 35.0 Å². The van der Waals surface area contributed by atoms with Gasteiger partial charge in [-0.2, -0.15) is 35.3 Å². The van der Waals surface area contributed by atoms with Gasteiger partial charge in [-0.05, 0) is 55.8 Å². The van der Waals surface area contributed by atoms with Gasteiger partial charge in [-0.3, -0.25) is 0 Å². The molecule has 3 atom stereocenters. The molecular formula is C15H21CeO3S6. The fourth-order valence-corrected chi connectivity index (χ4v) is 5.33. The monoisotopic (exact) mass is 581 g/mol. The molecule has 0 bridgehead atoms. The summed E-state index contributed by atoms with van der Waals surface area (Å²) in [4.78, 5) is 30.7. The fourth-order valence-electron chi connectivity index (χ4n) is 1.89. The third-order valence-electron chi connectivity index (χ3n) is 3.56. The van der Waals surface area contributed by atoms with E-state index in [4.69, 9.17) is 0 Å². The van der Waals surface area contributed by atoms with Gasteiger partial charge in [0.05, 0.1) is 0 Å². The van der Waals surface area contributed by atoms with E-state index in [1.807, 2.05) is 35.3 Å².